The van der Waals surface area contributed by atoms with E-state index < -0.39 is 0 Å². The molecule has 2 aromatic carbocycles. The van der Waals surface area contributed by atoms with Gasteiger partial charge in [0.2, 0.25) is 0 Å². The molecule has 0 radical (unpaired) electrons. The van der Waals surface area contributed by atoms with E-state index in [0.717, 1.165) is 52.5 Å². The lowest BCUT2D eigenvalue weighted by molar-refractivity contribution is 0.0553. The summed E-state index contributed by atoms with van der Waals surface area (Å²) in [6.07, 6.45) is 5.93. The van der Waals surface area contributed by atoms with Crippen LogP contribution in [0.2, 0.25) is 0 Å². The normalized spacial score (nSPS) is 16.5. The van der Waals surface area contributed by atoms with Crippen LogP contribution >= 0.6 is 15.9 Å². The summed E-state index contributed by atoms with van der Waals surface area (Å²) in [6.45, 7) is 1.64. The Labute approximate surface area is 188 Å². The average molecular weight is 475 g/mol. The van der Waals surface area contributed by atoms with Crippen molar-refractivity contribution in [3.8, 4) is 0 Å². The zero-order valence-corrected chi connectivity index (χ0v) is 18.9. The molecule has 156 valence electrons. The molecule has 0 amide bonds. The van der Waals surface area contributed by atoms with Crippen LogP contribution in [0.3, 0.4) is 0 Å². The van der Waals surface area contributed by atoms with Crippen molar-refractivity contribution in [3.05, 3.63) is 71.0 Å². The first kappa shape index (κ1) is 19.0. The van der Waals surface area contributed by atoms with Gasteiger partial charge in [-0.05, 0) is 58.5 Å². The van der Waals surface area contributed by atoms with Crippen molar-refractivity contribution in [2.75, 3.05) is 13.2 Å². The Balaban J connectivity index is 1.72. The fourth-order valence-corrected chi connectivity index (χ4v) is 5.46. The molecule has 3 aromatic heterocycles. The summed E-state index contributed by atoms with van der Waals surface area (Å²) in [6, 6.07) is 17.8. The van der Waals surface area contributed by atoms with Crippen LogP contribution in [0, 0.1) is 5.92 Å². The summed E-state index contributed by atoms with van der Waals surface area (Å²) >= 11 is 3.66. The molecule has 0 bridgehead atoms. The lowest BCUT2D eigenvalue weighted by atomic mass is 9.86. The molecule has 0 saturated carbocycles. The van der Waals surface area contributed by atoms with Crippen LogP contribution in [0.15, 0.2) is 65.4 Å². The molecule has 5 aromatic rings. The van der Waals surface area contributed by atoms with Gasteiger partial charge in [-0.25, -0.2) is 0 Å². The first-order valence-electron chi connectivity index (χ1n) is 10.7. The summed E-state index contributed by atoms with van der Waals surface area (Å²) in [5.74, 6) is 0.496. The highest BCUT2D eigenvalue weighted by Crippen LogP contribution is 2.41. The van der Waals surface area contributed by atoms with Gasteiger partial charge in [0, 0.05) is 41.7 Å². The number of fused-ring (bicyclic) bond motifs is 4. The number of hydrogen-bond acceptors (Lipinski definition) is 3. The largest absolute Gasteiger partial charge is 0.381 e. The van der Waals surface area contributed by atoms with E-state index in [4.69, 9.17) is 9.72 Å². The fraction of sp³-hybridized carbons (Fsp3) is 0.280. The molecule has 1 aliphatic rings. The highest BCUT2D eigenvalue weighted by atomic mass is 79.9. The van der Waals surface area contributed by atoms with E-state index >= 15 is 0 Å². The molecule has 31 heavy (non-hydrogen) atoms. The van der Waals surface area contributed by atoms with Gasteiger partial charge >= 0.3 is 0 Å². The van der Waals surface area contributed by atoms with E-state index in [0.29, 0.717) is 5.92 Å². The predicted octanol–water partition coefficient (Wildman–Crippen LogP) is 5.85. The Morgan fingerprint density at radius 3 is 2.61 bits per heavy atom. The summed E-state index contributed by atoms with van der Waals surface area (Å²) in [5.41, 5.74) is 5.87. The van der Waals surface area contributed by atoms with E-state index in [1.165, 1.54) is 16.5 Å². The zero-order chi connectivity index (χ0) is 20.9. The molecule has 0 aliphatic carbocycles. The van der Waals surface area contributed by atoms with Gasteiger partial charge in [0.25, 0.3) is 0 Å². The van der Waals surface area contributed by atoms with E-state index in [1.54, 1.807) is 0 Å². The zero-order valence-electron chi connectivity index (χ0n) is 17.3. The molecule has 6 rings (SSSR count). The molecular weight excluding hydrogens is 452 g/mol. The Bertz CT molecular complexity index is 1400. The van der Waals surface area contributed by atoms with E-state index in [1.807, 2.05) is 24.1 Å². The second-order valence-electron chi connectivity index (χ2n) is 8.39. The van der Waals surface area contributed by atoms with Crippen molar-refractivity contribution in [3.63, 3.8) is 0 Å². The lowest BCUT2D eigenvalue weighted by Gasteiger charge is -2.33. The van der Waals surface area contributed by atoms with Crippen molar-refractivity contribution < 1.29 is 4.74 Å². The molecule has 0 unspecified atom stereocenters. The van der Waals surface area contributed by atoms with Crippen molar-refractivity contribution in [1.29, 1.82) is 0 Å². The standard InChI is InChI=1S/C25H23BrN4O/c1-29-21-13-22-20(11-18(21)14-28-29)24-23(12-19(26)15-27-24)30(22)25(16-5-3-2-4-6-16)17-7-9-31-10-8-17/h2-6,11-15,17,25H,7-10H2,1H3/t25-/m1/s1. The second-order valence-corrected chi connectivity index (χ2v) is 9.31. The molecule has 1 aliphatic heterocycles. The summed E-state index contributed by atoms with van der Waals surface area (Å²) in [5, 5.41) is 6.79. The third kappa shape index (κ3) is 3.08. The fourth-order valence-electron chi connectivity index (χ4n) is 5.14. The van der Waals surface area contributed by atoms with Crippen LogP contribution in [-0.4, -0.2) is 32.5 Å². The van der Waals surface area contributed by atoms with Crippen LogP contribution in [0.4, 0.5) is 0 Å². The molecule has 1 fully saturated rings. The maximum Gasteiger partial charge on any atom is 0.0961 e. The molecule has 1 saturated heterocycles. The van der Waals surface area contributed by atoms with Gasteiger partial charge in [0.15, 0.2) is 0 Å². The summed E-state index contributed by atoms with van der Waals surface area (Å²) < 4.78 is 11.2. The van der Waals surface area contributed by atoms with Crippen molar-refractivity contribution >= 4 is 48.8 Å². The van der Waals surface area contributed by atoms with Crippen molar-refractivity contribution in [1.82, 2.24) is 19.3 Å². The molecule has 1 atom stereocenters. The number of ether oxygens (including phenoxy) is 1. The number of hydrogen-bond donors (Lipinski definition) is 0. The molecule has 6 heteroatoms. The number of nitrogens with zero attached hydrogens (tertiary/aromatic N) is 4. The predicted molar refractivity (Wildman–Crippen MR) is 127 cm³/mol. The third-order valence-corrected chi connectivity index (χ3v) is 7.04. The van der Waals surface area contributed by atoms with Gasteiger partial charge in [0.1, 0.15) is 0 Å². The Kier molecular flexibility index (Phi) is 4.58. The van der Waals surface area contributed by atoms with E-state index in [2.05, 4.69) is 74.1 Å². The number of pyridine rings is 1. The Morgan fingerprint density at radius 2 is 1.81 bits per heavy atom. The van der Waals surface area contributed by atoms with Crippen molar-refractivity contribution in [2.45, 2.75) is 18.9 Å². The monoisotopic (exact) mass is 474 g/mol. The average Bonchev–Trinajstić information content (AvgIpc) is 3.32. The maximum atomic E-state index is 5.72. The number of halogens is 1. The topological polar surface area (TPSA) is 44.9 Å². The highest BCUT2D eigenvalue weighted by Gasteiger charge is 2.30. The maximum absolute atomic E-state index is 5.72. The number of benzene rings is 2. The third-order valence-electron chi connectivity index (χ3n) is 6.60. The van der Waals surface area contributed by atoms with Gasteiger partial charge in [-0.15, -0.1) is 0 Å². The van der Waals surface area contributed by atoms with Crippen LogP contribution in [0.5, 0.6) is 0 Å². The number of rotatable bonds is 3. The first-order valence-corrected chi connectivity index (χ1v) is 11.5. The van der Waals surface area contributed by atoms with E-state index in [-0.39, 0.29) is 6.04 Å². The SMILES string of the molecule is Cn1ncc2cc3c4ncc(Br)cc4n([C@H](c4ccccc4)C4CCOCC4)c3cc21. The van der Waals surface area contributed by atoms with Gasteiger partial charge in [0.05, 0.1) is 34.3 Å². The van der Waals surface area contributed by atoms with Gasteiger partial charge < -0.3 is 9.30 Å². The Hall–Kier alpha value is -2.70. The van der Waals surface area contributed by atoms with Crippen LogP contribution in [0.1, 0.15) is 24.4 Å². The Morgan fingerprint density at radius 1 is 1.00 bits per heavy atom. The number of aryl methyl sites for hydroxylation is 1. The van der Waals surface area contributed by atoms with Crippen LogP contribution < -0.4 is 0 Å². The molecular formula is C25H23BrN4O. The minimum atomic E-state index is 0.215. The van der Waals surface area contributed by atoms with Crippen LogP contribution in [-0.2, 0) is 11.8 Å². The summed E-state index contributed by atoms with van der Waals surface area (Å²) in [4.78, 5) is 4.84. The molecule has 0 N–H and O–H groups in total. The second kappa shape index (κ2) is 7.46. The van der Waals surface area contributed by atoms with Gasteiger partial charge in [-0.2, -0.15) is 5.10 Å². The summed E-state index contributed by atoms with van der Waals surface area (Å²) in [7, 11) is 2.00. The minimum absolute atomic E-state index is 0.215. The molecule has 0 spiro atoms. The molecule has 4 heterocycles. The number of aromatic nitrogens is 4. The quantitative estimate of drug-likeness (QED) is 0.329. The highest BCUT2D eigenvalue weighted by molar-refractivity contribution is 9.10. The molecule has 5 nitrogen and oxygen atoms in total. The van der Waals surface area contributed by atoms with Gasteiger partial charge in [-0.1, -0.05) is 30.3 Å². The van der Waals surface area contributed by atoms with E-state index in [9.17, 15) is 0 Å². The first-order chi connectivity index (χ1) is 15.2. The van der Waals surface area contributed by atoms with Crippen molar-refractivity contribution in [2.24, 2.45) is 13.0 Å². The smallest absolute Gasteiger partial charge is 0.0961 e. The minimum Gasteiger partial charge on any atom is -0.381 e. The van der Waals surface area contributed by atoms with Gasteiger partial charge in [-0.3, -0.25) is 9.67 Å². The van der Waals surface area contributed by atoms with Crippen LogP contribution in [0.25, 0.3) is 32.8 Å². The lowest BCUT2D eigenvalue weighted by Crippen LogP contribution is -2.26.